The molecule has 0 atom stereocenters. The van der Waals surface area contributed by atoms with Gasteiger partial charge in [-0.15, -0.1) is 0 Å². The molecule has 33 heavy (non-hydrogen) atoms. The minimum absolute atomic E-state index is 0.299. The van der Waals surface area contributed by atoms with Gasteiger partial charge in [0.1, 0.15) is 12.4 Å². The number of carbonyl (C=O) groups is 1. The third-order valence-electron chi connectivity index (χ3n) is 5.53. The molecule has 172 valence electrons. The maximum Gasteiger partial charge on any atom is 0.276 e. The molecule has 0 radical (unpaired) electrons. The Labute approximate surface area is 196 Å². The average molecular weight is 468 g/mol. The molecular formula is C23H26ClN7O2. The number of methoxy groups -OCH3 is 1. The lowest BCUT2D eigenvalue weighted by molar-refractivity contribution is 0.102. The summed E-state index contributed by atoms with van der Waals surface area (Å²) in [4.78, 5) is 12.9. The largest absolute Gasteiger partial charge is 0.497 e. The standard InChI is InChI=1S/C23H26ClN7O2/c1-14-21(24)16(3)31(26-14)13-29-10-9-20(28-29)23(32)25-22-15(2)27-30(17(22)4)12-18-7-6-8-19(11-18)33-5/h6-11H,12-13H2,1-5H3,(H,25,32). The van der Waals surface area contributed by atoms with Crippen LogP contribution in [0.3, 0.4) is 0 Å². The highest BCUT2D eigenvalue weighted by atomic mass is 35.5. The Morgan fingerprint density at radius 3 is 2.48 bits per heavy atom. The van der Waals surface area contributed by atoms with Gasteiger partial charge in [0.2, 0.25) is 0 Å². The summed E-state index contributed by atoms with van der Waals surface area (Å²) in [6, 6.07) is 9.50. The van der Waals surface area contributed by atoms with Gasteiger partial charge in [-0.05, 0) is 51.5 Å². The van der Waals surface area contributed by atoms with E-state index in [1.54, 1.807) is 28.7 Å². The fraction of sp³-hybridized carbons (Fsp3) is 0.304. The molecule has 0 aliphatic rings. The lowest BCUT2D eigenvalue weighted by atomic mass is 10.2. The summed E-state index contributed by atoms with van der Waals surface area (Å²) in [5.41, 5.74) is 5.26. The molecule has 1 aromatic carbocycles. The van der Waals surface area contributed by atoms with Crippen LogP contribution < -0.4 is 10.1 Å². The molecule has 1 N–H and O–H groups in total. The Balaban J connectivity index is 1.48. The molecule has 3 heterocycles. The molecule has 1 amide bonds. The zero-order valence-corrected chi connectivity index (χ0v) is 20.0. The van der Waals surface area contributed by atoms with Crippen molar-refractivity contribution in [3.05, 3.63) is 75.6 Å². The summed E-state index contributed by atoms with van der Waals surface area (Å²) in [5.74, 6) is 0.494. The van der Waals surface area contributed by atoms with Crippen molar-refractivity contribution in [2.24, 2.45) is 0 Å². The summed E-state index contributed by atoms with van der Waals surface area (Å²) in [6.07, 6.45) is 1.74. The van der Waals surface area contributed by atoms with Crippen molar-refractivity contribution >= 4 is 23.2 Å². The van der Waals surface area contributed by atoms with Crippen molar-refractivity contribution < 1.29 is 9.53 Å². The monoisotopic (exact) mass is 467 g/mol. The van der Waals surface area contributed by atoms with Crippen LogP contribution >= 0.6 is 11.6 Å². The Bertz CT molecular complexity index is 1320. The van der Waals surface area contributed by atoms with Gasteiger partial charge in [0.15, 0.2) is 5.69 Å². The van der Waals surface area contributed by atoms with E-state index in [1.165, 1.54) is 0 Å². The minimum atomic E-state index is -0.299. The van der Waals surface area contributed by atoms with Gasteiger partial charge in [0.25, 0.3) is 5.91 Å². The number of benzene rings is 1. The van der Waals surface area contributed by atoms with Crippen molar-refractivity contribution in [3.8, 4) is 5.75 Å². The van der Waals surface area contributed by atoms with Gasteiger partial charge in [0, 0.05) is 6.20 Å². The molecule has 0 fully saturated rings. The quantitative estimate of drug-likeness (QED) is 0.444. The molecule has 0 saturated heterocycles. The van der Waals surface area contributed by atoms with E-state index in [0.717, 1.165) is 34.1 Å². The Kier molecular flexibility index (Phi) is 6.24. The number of rotatable bonds is 7. The van der Waals surface area contributed by atoms with E-state index >= 15 is 0 Å². The highest BCUT2D eigenvalue weighted by Gasteiger charge is 2.18. The number of anilines is 1. The molecule has 9 nitrogen and oxygen atoms in total. The van der Waals surface area contributed by atoms with Crippen molar-refractivity contribution in [3.63, 3.8) is 0 Å². The maximum absolute atomic E-state index is 12.9. The molecule has 0 spiro atoms. The first-order valence-electron chi connectivity index (χ1n) is 10.5. The van der Waals surface area contributed by atoms with E-state index in [0.29, 0.717) is 29.6 Å². The molecule has 0 bridgehead atoms. The van der Waals surface area contributed by atoms with Crippen LogP contribution in [0.15, 0.2) is 36.5 Å². The van der Waals surface area contributed by atoms with E-state index < -0.39 is 0 Å². The zero-order chi connectivity index (χ0) is 23.7. The van der Waals surface area contributed by atoms with Crippen LogP contribution in [0.5, 0.6) is 5.75 Å². The van der Waals surface area contributed by atoms with Crippen LogP contribution in [-0.2, 0) is 13.2 Å². The van der Waals surface area contributed by atoms with Crippen LogP contribution in [0.1, 0.15) is 38.8 Å². The first kappa shape index (κ1) is 22.6. The second-order valence-corrected chi connectivity index (χ2v) is 8.25. The molecular weight excluding hydrogens is 442 g/mol. The lowest BCUT2D eigenvalue weighted by Gasteiger charge is -2.08. The molecule has 0 aliphatic heterocycles. The predicted octanol–water partition coefficient (Wildman–Crippen LogP) is 3.98. The first-order valence-corrected chi connectivity index (χ1v) is 10.9. The van der Waals surface area contributed by atoms with Gasteiger partial charge < -0.3 is 10.1 Å². The lowest BCUT2D eigenvalue weighted by Crippen LogP contribution is -2.16. The molecule has 4 aromatic rings. The number of ether oxygens (including phenoxy) is 1. The van der Waals surface area contributed by atoms with Crippen molar-refractivity contribution in [1.82, 2.24) is 29.3 Å². The van der Waals surface area contributed by atoms with Crippen LogP contribution in [-0.4, -0.2) is 42.4 Å². The van der Waals surface area contributed by atoms with Gasteiger partial charge in [-0.2, -0.15) is 15.3 Å². The van der Waals surface area contributed by atoms with Crippen LogP contribution in [0.2, 0.25) is 5.02 Å². The Hall–Kier alpha value is -3.59. The van der Waals surface area contributed by atoms with Gasteiger partial charge in [-0.1, -0.05) is 23.7 Å². The third-order valence-corrected chi connectivity index (χ3v) is 6.08. The van der Waals surface area contributed by atoms with Gasteiger partial charge in [-0.3, -0.25) is 14.2 Å². The van der Waals surface area contributed by atoms with E-state index in [2.05, 4.69) is 20.6 Å². The number of nitrogens with zero attached hydrogens (tertiary/aromatic N) is 6. The van der Waals surface area contributed by atoms with Crippen molar-refractivity contribution in [2.75, 3.05) is 12.4 Å². The maximum atomic E-state index is 12.9. The van der Waals surface area contributed by atoms with Crippen LogP contribution in [0.4, 0.5) is 5.69 Å². The highest BCUT2D eigenvalue weighted by Crippen LogP contribution is 2.22. The number of carbonyl (C=O) groups excluding carboxylic acids is 1. The normalized spacial score (nSPS) is 11.1. The van der Waals surface area contributed by atoms with Gasteiger partial charge in [0.05, 0.1) is 47.1 Å². The highest BCUT2D eigenvalue weighted by molar-refractivity contribution is 6.31. The fourth-order valence-corrected chi connectivity index (χ4v) is 3.80. The number of hydrogen-bond acceptors (Lipinski definition) is 5. The minimum Gasteiger partial charge on any atom is -0.497 e. The van der Waals surface area contributed by atoms with Gasteiger partial charge >= 0.3 is 0 Å². The fourth-order valence-electron chi connectivity index (χ4n) is 3.66. The van der Waals surface area contributed by atoms with Crippen molar-refractivity contribution in [2.45, 2.75) is 40.9 Å². The molecule has 4 rings (SSSR count). The third kappa shape index (κ3) is 4.63. The molecule has 3 aromatic heterocycles. The zero-order valence-electron chi connectivity index (χ0n) is 19.3. The molecule has 0 saturated carbocycles. The second-order valence-electron chi connectivity index (χ2n) is 7.88. The summed E-state index contributed by atoms with van der Waals surface area (Å²) < 4.78 is 10.6. The Morgan fingerprint density at radius 1 is 1.03 bits per heavy atom. The van der Waals surface area contributed by atoms with Crippen LogP contribution in [0, 0.1) is 27.7 Å². The number of nitrogens with one attached hydrogen (secondary N) is 1. The molecule has 0 unspecified atom stereocenters. The van der Waals surface area contributed by atoms with E-state index in [4.69, 9.17) is 16.3 Å². The topological polar surface area (TPSA) is 91.8 Å². The Morgan fingerprint density at radius 2 is 1.79 bits per heavy atom. The summed E-state index contributed by atoms with van der Waals surface area (Å²) in [7, 11) is 1.64. The van der Waals surface area contributed by atoms with Gasteiger partial charge in [-0.25, -0.2) is 4.68 Å². The SMILES string of the molecule is COc1cccc(Cn2nc(C)c(NC(=O)c3ccn(Cn4nc(C)c(Cl)c4C)n3)c2C)c1. The van der Waals surface area contributed by atoms with Crippen LogP contribution in [0.25, 0.3) is 0 Å². The van der Waals surface area contributed by atoms with E-state index in [1.807, 2.05) is 56.6 Å². The van der Waals surface area contributed by atoms with E-state index in [-0.39, 0.29) is 5.91 Å². The van der Waals surface area contributed by atoms with Crippen molar-refractivity contribution in [1.29, 1.82) is 0 Å². The number of hydrogen-bond donors (Lipinski definition) is 1. The predicted molar refractivity (Wildman–Crippen MR) is 126 cm³/mol. The average Bonchev–Trinajstić information content (AvgIpc) is 3.44. The summed E-state index contributed by atoms with van der Waals surface area (Å²) >= 11 is 6.22. The smallest absolute Gasteiger partial charge is 0.276 e. The summed E-state index contributed by atoms with van der Waals surface area (Å²) in [6.45, 7) is 8.49. The molecule has 10 heteroatoms. The number of aryl methyl sites for hydroxylation is 2. The number of aromatic nitrogens is 6. The second kappa shape index (κ2) is 9.11. The number of halogens is 1. The molecule has 0 aliphatic carbocycles. The first-order chi connectivity index (χ1) is 15.8. The summed E-state index contributed by atoms with van der Waals surface area (Å²) in [5, 5.41) is 17.0. The van der Waals surface area contributed by atoms with E-state index in [9.17, 15) is 4.79 Å². The number of amides is 1.